The molecule has 0 bridgehead atoms. The number of likely N-dealkylation sites (N-methyl/N-ethyl adjacent to an activating group) is 1. The summed E-state index contributed by atoms with van der Waals surface area (Å²) in [5, 5.41) is 8.80. The van der Waals surface area contributed by atoms with Crippen LogP contribution in [0.1, 0.15) is 23.8 Å². The monoisotopic (exact) mass is 372 g/mol. The summed E-state index contributed by atoms with van der Waals surface area (Å²) in [6.45, 7) is 2.97. The van der Waals surface area contributed by atoms with Crippen LogP contribution in [0.5, 0.6) is 0 Å². The van der Waals surface area contributed by atoms with Gasteiger partial charge in [0, 0.05) is 25.0 Å². The first-order valence-corrected chi connectivity index (χ1v) is 9.74. The zero-order chi connectivity index (χ0) is 18.8. The van der Waals surface area contributed by atoms with Crippen LogP contribution >= 0.6 is 11.3 Å². The summed E-state index contributed by atoms with van der Waals surface area (Å²) in [5.74, 6) is 0.660. The standard InChI is InChI=1S/C20H28N4OS/c1-16(11-12-17-8-5-4-6-9-17)23-20(22-15-19(25)24(2)3)21-14-18-10-7-13-26-18/h4-10,13,16H,11-12,14-15H2,1-3H3,(H2,21,22,23). The summed E-state index contributed by atoms with van der Waals surface area (Å²) < 4.78 is 0. The van der Waals surface area contributed by atoms with E-state index in [0.29, 0.717) is 12.5 Å². The third-order valence-corrected chi connectivity index (χ3v) is 4.85. The number of amides is 1. The molecule has 1 atom stereocenters. The molecular weight excluding hydrogens is 344 g/mol. The van der Waals surface area contributed by atoms with Gasteiger partial charge in [0.2, 0.25) is 5.91 Å². The summed E-state index contributed by atoms with van der Waals surface area (Å²) >= 11 is 1.70. The minimum absolute atomic E-state index is 0.0147. The van der Waals surface area contributed by atoms with E-state index in [4.69, 9.17) is 0 Å². The predicted octanol–water partition coefficient (Wildman–Crippen LogP) is 2.89. The third-order valence-electron chi connectivity index (χ3n) is 3.97. The minimum Gasteiger partial charge on any atom is -0.354 e. The van der Waals surface area contributed by atoms with Crippen molar-refractivity contribution in [3.63, 3.8) is 0 Å². The molecule has 0 aliphatic heterocycles. The Morgan fingerprint density at radius 3 is 2.62 bits per heavy atom. The second kappa shape index (κ2) is 10.6. The number of nitrogens with one attached hydrogen (secondary N) is 2. The minimum atomic E-state index is -0.0147. The summed E-state index contributed by atoms with van der Waals surface area (Å²) in [5.41, 5.74) is 1.33. The van der Waals surface area contributed by atoms with Gasteiger partial charge in [-0.3, -0.25) is 4.79 Å². The average molecular weight is 373 g/mol. The average Bonchev–Trinajstić information content (AvgIpc) is 3.16. The number of benzene rings is 1. The first kappa shape index (κ1) is 20.0. The molecule has 2 aromatic rings. The summed E-state index contributed by atoms with van der Waals surface area (Å²) in [6.07, 6.45) is 2.00. The number of rotatable bonds is 8. The van der Waals surface area contributed by atoms with E-state index in [1.807, 2.05) is 12.1 Å². The molecule has 1 amide bonds. The zero-order valence-electron chi connectivity index (χ0n) is 15.7. The second-order valence-corrected chi connectivity index (χ2v) is 7.49. The number of carbonyl (C=O) groups excluding carboxylic acids is 1. The van der Waals surface area contributed by atoms with Gasteiger partial charge in [0.25, 0.3) is 0 Å². The van der Waals surface area contributed by atoms with E-state index in [1.165, 1.54) is 10.4 Å². The van der Waals surface area contributed by atoms with Crippen LogP contribution in [-0.2, 0) is 17.8 Å². The molecule has 2 rings (SSSR count). The van der Waals surface area contributed by atoms with Crippen molar-refractivity contribution in [2.24, 2.45) is 4.99 Å². The van der Waals surface area contributed by atoms with Crippen molar-refractivity contribution in [2.75, 3.05) is 20.6 Å². The molecular formula is C20H28N4OS. The van der Waals surface area contributed by atoms with Gasteiger partial charge in [-0.15, -0.1) is 11.3 Å². The Morgan fingerprint density at radius 1 is 1.19 bits per heavy atom. The largest absolute Gasteiger partial charge is 0.354 e. The van der Waals surface area contributed by atoms with Gasteiger partial charge in [0.1, 0.15) is 6.54 Å². The molecule has 0 saturated heterocycles. The number of aryl methyl sites for hydroxylation is 1. The Balaban J connectivity index is 1.90. The van der Waals surface area contributed by atoms with Gasteiger partial charge in [0.05, 0.1) is 6.54 Å². The van der Waals surface area contributed by atoms with Crippen LogP contribution in [0.2, 0.25) is 0 Å². The van der Waals surface area contributed by atoms with Crippen LogP contribution in [0.4, 0.5) is 0 Å². The number of hydrogen-bond acceptors (Lipinski definition) is 3. The van der Waals surface area contributed by atoms with Crippen LogP contribution in [0, 0.1) is 0 Å². The lowest BCUT2D eigenvalue weighted by molar-refractivity contribution is -0.127. The van der Waals surface area contributed by atoms with Crippen molar-refractivity contribution in [2.45, 2.75) is 32.4 Å². The maximum Gasteiger partial charge on any atom is 0.243 e. The molecule has 0 aliphatic carbocycles. The van der Waals surface area contributed by atoms with Crippen LogP contribution in [0.3, 0.4) is 0 Å². The normalized spacial score (nSPS) is 12.5. The van der Waals surface area contributed by atoms with E-state index in [1.54, 1.807) is 30.3 Å². The molecule has 6 heteroatoms. The number of thiophene rings is 1. The summed E-state index contributed by atoms with van der Waals surface area (Å²) in [6, 6.07) is 14.8. The lowest BCUT2D eigenvalue weighted by Gasteiger charge is -2.18. The predicted molar refractivity (Wildman–Crippen MR) is 110 cm³/mol. The first-order valence-electron chi connectivity index (χ1n) is 8.86. The highest BCUT2D eigenvalue weighted by molar-refractivity contribution is 7.09. The summed E-state index contributed by atoms with van der Waals surface area (Å²) in [4.78, 5) is 19.1. The van der Waals surface area contributed by atoms with Crippen molar-refractivity contribution in [1.29, 1.82) is 0 Å². The fraction of sp³-hybridized carbons (Fsp3) is 0.400. The Bertz CT molecular complexity index is 683. The number of aliphatic imine (C=N–C) groups is 1. The van der Waals surface area contributed by atoms with E-state index >= 15 is 0 Å². The SMILES string of the molecule is CC(CCc1ccccc1)NC(=NCC(=O)N(C)C)NCc1cccs1. The van der Waals surface area contributed by atoms with Crippen LogP contribution in [-0.4, -0.2) is 43.4 Å². The number of carbonyl (C=O) groups is 1. The molecule has 0 saturated carbocycles. The van der Waals surface area contributed by atoms with Crippen molar-refractivity contribution < 1.29 is 4.79 Å². The van der Waals surface area contributed by atoms with Gasteiger partial charge >= 0.3 is 0 Å². The molecule has 0 aliphatic rings. The molecule has 1 aromatic heterocycles. The van der Waals surface area contributed by atoms with Gasteiger partial charge in [-0.05, 0) is 36.8 Å². The number of guanidine groups is 1. The number of hydrogen-bond donors (Lipinski definition) is 2. The Morgan fingerprint density at radius 2 is 1.96 bits per heavy atom. The molecule has 0 radical (unpaired) electrons. The highest BCUT2D eigenvalue weighted by atomic mass is 32.1. The molecule has 1 unspecified atom stereocenters. The third kappa shape index (κ3) is 7.27. The van der Waals surface area contributed by atoms with Gasteiger partial charge in [-0.25, -0.2) is 4.99 Å². The van der Waals surface area contributed by atoms with E-state index in [0.717, 1.165) is 12.8 Å². The first-order chi connectivity index (χ1) is 12.5. The maximum atomic E-state index is 11.8. The molecule has 1 aromatic carbocycles. The maximum absolute atomic E-state index is 11.8. The smallest absolute Gasteiger partial charge is 0.243 e. The molecule has 26 heavy (non-hydrogen) atoms. The highest BCUT2D eigenvalue weighted by Gasteiger charge is 2.09. The van der Waals surface area contributed by atoms with Gasteiger partial charge in [0.15, 0.2) is 5.96 Å². The van der Waals surface area contributed by atoms with Crippen LogP contribution < -0.4 is 10.6 Å². The Kier molecular flexibility index (Phi) is 8.15. The molecule has 2 N–H and O–H groups in total. The second-order valence-electron chi connectivity index (χ2n) is 6.46. The van der Waals surface area contributed by atoms with Crippen LogP contribution in [0.15, 0.2) is 52.8 Å². The Labute approximate surface area is 160 Å². The molecule has 5 nitrogen and oxygen atoms in total. The molecule has 140 valence electrons. The van der Waals surface area contributed by atoms with Crippen molar-refractivity contribution >= 4 is 23.2 Å². The highest BCUT2D eigenvalue weighted by Crippen LogP contribution is 2.08. The molecule has 0 spiro atoms. The van der Waals surface area contributed by atoms with Gasteiger partial charge in [-0.2, -0.15) is 0 Å². The summed E-state index contributed by atoms with van der Waals surface area (Å²) in [7, 11) is 3.49. The van der Waals surface area contributed by atoms with E-state index in [-0.39, 0.29) is 18.5 Å². The zero-order valence-corrected chi connectivity index (χ0v) is 16.6. The van der Waals surface area contributed by atoms with Crippen molar-refractivity contribution in [3.05, 3.63) is 58.3 Å². The topological polar surface area (TPSA) is 56.7 Å². The number of nitrogens with zero attached hydrogens (tertiary/aromatic N) is 2. The van der Waals surface area contributed by atoms with Crippen LogP contribution in [0.25, 0.3) is 0 Å². The fourth-order valence-corrected chi connectivity index (χ4v) is 3.00. The molecule has 1 heterocycles. The van der Waals surface area contributed by atoms with E-state index in [9.17, 15) is 4.79 Å². The molecule has 0 fully saturated rings. The lowest BCUT2D eigenvalue weighted by Crippen LogP contribution is -2.42. The quantitative estimate of drug-likeness (QED) is 0.553. The van der Waals surface area contributed by atoms with Gasteiger partial charge < -0.3 is 15.5 Å². The Hall–Kier alpha value is -2.34. The fourth-order valence-electron chi connectivity index (χ4n) is 2.36. The lowest BCUT2D eigenvalue weighted by atomic mass is 10.1. The van der Waals surface area contributed by atoms with Gasteiger partial charge in [-0.1, -0.05) is 36.4 Å². The van der Waals surface area contributed by atoms with Crippen molar-refractivity contribution in [1.82, 2.24) is 15.5 Å². The van der Waals surface area contributed by atoms with Crippen molar-refractivity contribution in [3.8, 4) is 0 Å². The van der Waals surface area contributed by atoms with E-state index in [2.05, 4.69) is 58.3 Å². The van der Waals surface area contributed by atoms with E-state index < -0.39 is 0 Å².